The largest absolute Gasteiger partial charge is 0.417 e. The van der Waals surface area contributed by atoms with Crippen molar-refractivity contribution in [3.05, 3.63) is 59.9 Å². The molecule has 1 aliphatic rings. The number of benzene rings is 2. The fourth-order valence-corrected chi connectivity index (χ4v) is 2.53. The molecule has 1 saturated heterocycles. The van der Waals surface area contributed by atoms with E-state index in [9.17, 15) is 9.18 Å². The lowest BCUT2D eigenvalue weighted by molar-refractivity contribution is 0.215. The van der Waals surface area contributed by atoms with Crippen LogP contribution in [-0.2, 0) is 0 Å². The normalized spacial score (nSPS) is 17.2. The first-order valence-electron chi connectivity index (χ1n) is 7.26. The van der Waals surface area contributed by atoms with Crippen molar-refractivity contribution in [3.63, 3.8) is 0 Å². The maximum Gasteiger partial charge on any atom is 0.417 e. The van der Waals surface area contributed by atoms with Crippen molar-refractivity contribution >= 4 is 11.8 Å². The first-order chi connectivity index (χ1) is 10.7. The topological polar surface area (TPSA) is 50.4 Å². The number of nitrogens with one attached hydrogen (secondary N) is 2. The van der Waals surface area contributed by atoms with Crippen molar-refractivity contribution < 1.29 is 13.9 Å². The van der Waals surface area contributed by atoms with Gasteiger partial charge >= 0.3 is 6.09 Å². The van der Waals surface area contributed by atoms with E-state index in [1.54, 1.807) is 0 Å². The van der Waals surface area contributed by atoms with E-state index in [1.165, 1.54) is 29.8 Å². The molecule has 0 saturated carbocycles. The zero-order valence-electron chi connectivity index (χ0n) is 12.0. The standard InChI is InChI=1S/C17H17FN2O2/c18-14-3-7-16(8-4-14)22-17(21)20-15-5-1-12(2-6-15)13-9-10-19-11-13/h1-8,13,19H,9-11H2,(H,20,21)/t13-/m1/s1. The second-order valence-electron chi connectivity index (χ2n) is 5.28. The Kier molecular flexibility index (Phi) is 4.34. The van der Waals surface area contributed by atoms with Crippen LogP contribution < -0.4 is 15.4 Å². The van der Waals surface area contributed by atoms with Gasteiger partial charge in [0.05, 0.1) is 0 Å². The Morgan fingerprint density at radius 2 is 1.86 bits per heavy atom. The molecule has 0 bridgehead atoms. The van der Waals surface area contributed by atoms with E-state index in [0.717, 1.165) is 19.5 Å². The lowest BCUT2D eigenvalue weighted by Gasteiger charge is -2.10. The molecule has 2 aromatic rings. The summed E-state index contributed by atoms with van der Waals surface area (Å²) < 4.78 is 17.9. The van der Waals surface area contributed by atoms with Crippen LogP contribution in [0.3, 0.4) is 0 Å². The van der Waals surface area contributed by atoms with Gasteiger partial charge in [-0.3, -0.25) is 5.32 Å². The van der Waals surface area contributed by atoms with E-state index in [1.807, 2.05) is 24.3 Å². The highest BCUT2D eigenvalue weighted by Crippen LogP contribution is 2.23. The third-order valence-corrected chi connectivity index (χ3v) is 3.71. The van der Waals surface area contributed by atoms with E-state index < -0.39 is 6.09 Å². The van der Waals surface area contributed by atoms with Crippen LogP contribution in [0, 0.1) is 5.82 Å². The summed E-state index contributed by atoms with van der Waals surface area (Å²) in [6, 6.07) is 13.1. The monoisotopic (exact) mass is 300 g/mol. The number of hydrogen-bond donors (Lipinski definition) is 2. The van der Waals surface area contributed by atoms with Gasteiger partial charge in [-0.05, 0) is 60.8 Å². The fourth-order valence-electron chi connectivity index (χ4n) is 2.53. The third-order valence-electron chi connectivity index (χ3n) is 3.71. The van der Waals surface area contributed by atoms with Gasteiger partial charge in [0.15, 0.2) is 0 Å². The number of hydrogen-bond acceptors (Lipinski definition) is 3. The lowest BCUT2D eigenvalue weighted by atomic mass is 9.98. The number of ether oxygens (including phenoxy) is 1. The Morgan fingerprint density at radius 3 is 2.50 bits per heavy atom. The summed E-state index contributed by atoms with van der Waals surface area (Å²) in [6.45, 7) is 2.05. The summed E-state index contributed by atoms with van der Waals surface area (Å²) in [5.41, 5.74) is 1.93. The zero-order chi connectivity index (χ0) is 15.4. The summed E-state index contributed by atoms with van der Waals surface area (Å²) in [6.07, 6.45) is 0.543. The molecule has 0 radical (unpaired) electrons. The van der Waals surface area contributed by atoms with Crippen LogP contribution in [0.1, 0.15) is 17.9 Å². The van der Waals surface area contributed by atoms with Gasteiger partial charge in [0, 0.05) is 12.2 Å². The number of halogens is 1. The van der Waals surface area contributed by atoms with Crippen LogP contribution in [0.25, 0.3) is 0 Å². The van der Waals surface area contributed by atoms with Gasteiger partial charge in [0.25, 0.3) is 0 Å². The van der Waals surface area contributed by atoms with Crippen molar-refractivity contribution in [2.45, 2.75) is 12.3 Å². The van der Waals surface area contributed by atoms with Gasteiger partial charge < -0.3 is 10.1 Å². The average Bonchev–Trinajstić information content (AvgIpc) is 3.05. The van der Waals surface area contributed by atoms with Gasteiger partial charge in [0.1, 0.15) is 11.6 Å². The summed E-state index contributed by atoms with van der Waals surface area (Å²) in [7, 11) is 0. The highest BCUT2D eigenvalue weighted by Gasteiger charge is 2.16. The maximum absolute atomic E-state index is 12.8. The number of rotatable bonds is 3. The van der Waals surface area contributed by atoms with Crippen LogP contribution in [-0.4, -0.2) is 19.2 Å². The zero-order valence-corrected chi connectivity index (χ0v) is 12.0. The molecule has 5 heteroatoms. The molecule has 2 aromatic carbocycles. The second kappa shape index (κ2) is 6.58. The van der Waals surface area contributed by atoms with Crippen molar-refractivity contribution in [2.75, 3.05) is 18.4 Å². The molecular weight excluding hydrogens is 283 g/mol. The van der Waals surface area contributed by atoms with Crippen molar-refractivity contribution in [1.29, 1.82) is 0 Å². The Bertz CT molecular complexity index is 635. The number of anilines is 1. The molecule has 1 aliphatic heterocycles. The number of carbonyl (C=O) groups is 1. The molecular formula is C17H17FN2O2. The Balaban J connectivity index is 1.57. The van der Waals surface area contributed by atoms with Crippen LogP contribution in [0.5, 0.6) is 5.75 Å². The van der Waals surface area contributed by atoms with Crippen molar-refractivity contribution in [3.8, 4) is 5.75 Å². The van der Waals surface area contributed by atoms with Crippen LogP contribution in [0.2, 0.25) is 0 Å². The van der Waals surface area contributed by atoms with E-state index in [2.05, 4.69) is 10.6 Å². The molecule has 2 N–H and O–H groups in total. The quantitative estimate of drug-likeness (QED) is 0.912. The summed E-state index contributed by atoms with van der Waals surface area (Å²) in [4.78, 5) is 11.8. The predicted molar refractivity (Wildman–Crippen MR) is 82.7 cm³/mol. The molecule has 0 aliphatic carbocycles. The highest BCUT2D eigenvalue weighted by molar-refractivity contribution is 5.86. The van der Waals surface area contributed by atoms with E-state index in [-0.39, 0.29) is 5.82 Å². The first kappa shape index (κ1) is 14.5. The minimum Gasteiger partial charge on any atom is -0.410 e. The van der Waals surface area contributed by atoms with Crippen LogP contribution in [0.15, 0.2) is 48.5 Å². The molecule has 22 heavy (non-hydrogen) atoms. The van der Waals surface area contributed by atoms with Crippen LogP contribution >= 0.6 is 0 Å². The van der Waals surface area contributed by atoms with Gasteiger partial charge in [0.2, 0.25) is 0 Å². The molecule has 3 rings (SSSR count). The van der Waals surface area contributed by atoms with Gasteiger partial charge in [-0.25, -0.2) is 9.18 Å². The van der Waals surface area contributed by atoms with E-state index in [4.69, 9.17) is 4.74 Å². The molecule has 4 nitrogen and oxygen atoms in total. The number of amides is 1. The molecule has 0 unspecified atom stereocenters. The summed E-state index contributed by atoms with van der Waals surface area (Å²) >= 11 is 0. The molecule has 1 atom stereocenters. The lowest BCUT2D eigenvalue weighted by Crippen LogP contribution is -2.16. The minimum absolute atomic E-state index is 0.299. The number of carbonyl (C=O) groups excluding carboxylic acids is 1. The fraction of sp³-hybridized carbons (Fsp3) is 0.235. The highest BCUT2D eigenvalue weighted by atomic mass is 19.1. The van der Waals surface area contributed by atoms with Crippen molar-refractivity contribution in [2.24, 2.45) is 0 Å². The molecule has 1 heterocycles. The maximum atomic E-state index is 12.8. The Labute approximate surface area is 128 Å². The smallest absolute Gasteiger partial charge is 0.410 e. The summed E-state index contributed by atoms with van der Waals surface area (Å²) in [5.74, 6) is 0.470. The molecule has 0 spiro atoms. The summed E-state index contributed by atoms with van der Waals surface area (Å²) in [5, 5.41) is 5.98. The third kappa shape index (κ3) is 3.62. The first-order valence-corrected chi connectivity index (χ1v) is 7.26. The van der Waals surface area contributed by atoms with Gasteiger partial charge in [-0.1, -0.05) is 12.1 Å². The molecule has 0 aromatic heterocycles. The Morgan fingerprint density at radius 1 is 1.14 bits per heavy atom. The molecule has 1 fully saturated rings. The van der Waals surface area contributed by atoms with Gasteiger partial charge in [-0.2, -0.15) is 0 Å². The predicted octanol–water partition coefficient (Wildman–Crippen LogP) is 3.51. The van der Waals surface area contributed by atoms with Crippen molar-refractivity contribution in [1.82, 2.24) is 5.32 Å². The van der Waals surface area contributed by atoms with E-state index >= 15 is 0 Å². The molecule has 1 amide bonds. The minimum atomic E-state index is -0.595. The van der Waals surface area contributed by atoms with E-state index in [0.29, 0.717) is 17.4 Å². The average molecular weight is 300 g/mol. The van der Waals surface area contributed by atoms with Gasteiger partial charge in [-0.15, -0.1) is 0 Å². The SMILES string of the molecule is O=C(Nc1ccc([C@@H]2CCNC2)cc1)Oc1ccc(F)cc1. The second-order valence-corrected chi connectivity index (χ2v) is 5.28. The van der Waals surface area contributed by atoms with Crippen LogP contribution in [0.4, 0.5) is 14.9 Å². The Hall–Kier alpha value is -2.40. The molecule has 114 valence electrons.